The first-order valence-electron chi connectivity index (χ1n) is 2.76. The van der Waals surface area contributed by atoms with Crippen LogP contribution in [0.2, 0.25) is 0 Å². The number of rotatable bonds is 4. The SMILES string of the molecule is CC=CCOP(=O)(O)CCl. The summed E-state index contributed by atoms with van der Waals surface area (Å²) in [6.07, 6.45) is 3.36. The van der Waals surface area contributed by atoms with Gasteiger partial charge in [0.1, 0.15) is 5.62 Å². The Labute approximate surface area is 65.2 Å². The molecule has 5 heteroatoms. The van der Waals surface area contributed by atoms with Gasteiger partial charge in [-0.15, -0.1) is 11.6 Å². The third-order valence-electron chi connectivity index (χ3n) is 0.759. The van der Waals surface area contributed by atoms with E-state index in [0.29, 0.717) is 0 Å². The van der Waals surface area contributed by atoms with Crippen molar-refractivity contribution in [3.8, 4) is 0 Å². The molecule has 0 aliphatic carbocycles. The molecule has 10 heavy (non-hydrogen) atoms. The van der Waals surface area contributed by atoms with E-state index in [-0.39, 0.29) is 12.2 Å². The number of halogens is 1. The molecule has 0 heterocycles. The Bertz CT molecular complexity index is 157. The minimum atomic E-state index is -3.49. The van der Waals surface area contributed by atoms with Crippen molar-refractivity contribution >= 4 is 19.2 Å². The highest BCUT2D eigenvalue weighted by Crippen LogP contribution is 2.42. The molecule has 0 radical (unpaired) electrons. The standard InChI is InChI=1S/C5H10ClO3P/c1-2-3-4-9-10(7,8)5-6/h2-3H,4-5H2,1H3,(H,7,8). The molecule has 0 amide bonds. The van der Waals surface area contributed by atoms with Crippen LogP contribution in [-0.4, -0.2) is 17.1 Å². The molecule has 0 aliphatic rings. The van der Waals surface area contributed by atoms with Crippen molar-refractivity contribution in [3.63, 3.8) is 0 Å². The van der Waals surface area contributed by atoms with Crippen LogP contribution >= 0.6 is 19.2 Å². The Morgan fingerprint density at radius 3 is 2.80 bits per heavy atom. The second kappa shape index (κ2) is 4.91. The molecular formula is C5H10ClO3P. The van der Waals surface area contributed by atoms with Crippen molar-refractivity contribution in [2.45, 2.75) is 6.92 Å². The van der Waals surface area contributed by atoms with Crippen LogP contribution < -0.4 is 0 Å². The highest BCUT2D eigenvalue weighted by atomic mass is 35.5. The van der Waals surface area contributed by atoms with E-state index in [1.165, 1.54) is 0 Å². The van der Waals surface area contributed by atoms with Gasteiger partial charge in [-0.1, -0.05) is 12.2 Å². The molecule has 0 aromatic rings. The van der Waals surface area contributed by atoms with Crippen LogP contribution in [0.5, 0.6) is 0 Å². The van der Waals surface area contributed by atoms with Gasteiger partial charge in [-0.3, -0.25) is 4.57 Å². The van der Waals surface area contributed by atoms with Gasteiger partial charge in [-0.25, -0.2) is 0 Å². The number of allylic oxidation sites excluding steroid dienone is 1. The van der Waals surface area contributed by atoms with Crippen LogP contribution in [0.3, 0.4) is 0 Å². The second-order valence-corrected chi connectivity index (χ2v) is 4.11. The fraction of sp³-hybridized carbons (Fsp3) is 0.600. The maximum absolute atomic E-state index is 10.6. The fourth-order valence-electron chi connectivity index (χ4n) is 0.290. The zero-order valence-corrected chi connectivity index (χ0v) is 7.31. The highest BCUT2D eigenvalue weighted by molar-refractivity contribution is 7.54. The number of hydrogen-bond donors (Lipinski definition) is 1. The summed E-state index contributed by atoms with van der Waals surface area (Å²) in [7, 11) is -3.49. The summed E-state index contributed by atoms with van der Waals surface area (Å²) in [5.74, 6) is 0. The van der Waals surface area contributed by atoms with Crippen molar-refractivity contribution in [1.82, 2.24) is 0 Å². The number of hydrogen-bond acceptors (Lipinski definition) is 2. The average Bonchev–Trinajstić information content (AvgIpc) is 1.89. The van der Waals surface area contributed by atoms with Gasteiger partial charge >= 0.3 is 7.60 Å². The van der Waals surface area contributed by atoms with E-state index in [2.05, 4.69) is 4.52 Å². The van der Waals surface area contributed by atoms with E-state index in [9.17, 15) is 4.57 Å². The van der Waals surface area contributed by atoms with Gasteiger partial charge < -0.3 is 9.42 Å². The van der Waals surface area contributed by atoms with E-state index in [1.54, 1.807) is 19.1 Å². The third kappa shape index (κ3) is 5.00. The Kier molecular flexibility index (Phi) is 5.00. The van der Waals surface area contributed by atoms with Crippen LogP contribution in [-0.2, 0) is 9.09 Å². The molecule has 0 aliphatic heterocycles. The van der Waals surface area contributed by atoms with Crippen LogP contribution in [0.4, 0.5) is 0 Å². The topological polar surface area (TPSA) is 46.5 Å². The Morgan fingerprint density at radius 1 is 1.80 bits per heavy atom. The first-order valence-corrected chi connectivity index (χ1v) is 5.05. The molecule has 0 fully saturated rings. The molecule has 1 atom stereocenters. The highest BCUT2D eigenvalue weighted by Gasteiger charge is 2.15. The normalized spacial score (nSPS) is 17.5. The van der Waals surface area contributed by atoms with Crippen LogP contribution in [0.1, 0.15) is 6.92 Å². The smallest absolute Gasteiger partial charge is 0.323 e. The summed E-state index contributed by atoms with van der Waals surface area (Å²) in [6.45, 7) is 1.93. The minimum absolute atomic E-state index is 0.136. The molecule has 0 saturated carbocycles. The van der Waals surface area contributed by atoms with Gasteiger partial charge in [0, 0.05) is 0 Å². The summed E-state index contributed by atoms with van der Waals surface area (Å²) in [6, 6.07) is 0. The molecule has 1 N–H and O–H groups in total. The summed E-state index contributed by atoms with van der Waals surface area (Å²) < 4.78 is 15.1. The molecule has 0 rings (SSSR count). The lowest BCUT2D eigenvalue weighted by Gasteiger charge is -2.05. The molecule has 0 aromatic carbocycles. The van der Waals surface area contributed by atoms with E-state index in [0.717, 1.165) is 0 Å². The Morgan fingerprint density at radius 2 is 2.40 bits per heavy atom. The molecule has 0 spiro atoms. The second-order valence-electron chi connectivity index (χ2n) is 1.62. The van der Waals surface area contributed by atoms with Gasteiger partial charge in [0.25, 0.3) is 0 Å². The largest absolute Gasteiger partial charge is 0.343 e. The van der Waals surface area contributed by atoms with E-state index < -0.39 is 7.60 Å². The van der Waals surface area contributed by atoms with Crippen molar-refractivity contribution in [2.24, 2.45) is 0 Å². The summed E-state index contributed by atoms with van der Waals surface area (Å²) in [5, 5.41) is 0. The van der Waals surface area contributed by atoms with Crippen LogP contribution in [0, 0.1) is 0 Å². The average molecular weight is 185 g/mol. The lowest BCUT2D eigenvalue weighted by atomic mass is 10.6. The van der Waals surface area contributed by atoms with Gasteiger partial charge in [0.15, 0.2) is 0 Å². The predicted octanol–water partition coefficient (Wildman–Crippen LogP) is 1.96. The van der Waals surface area contributed by atoms with Crippen molar-refractivity contribution in [1.29, 1.82) is 0 Å². The monoisotopic (exact) mass is 184 g/mol. The zero-order chi connectivity index (χ0) is 8.04. The number of alkyl halides is 1. The Hall–Kier alpha value is 0.180. The first-order chi connectivity index (χ1) is 4.62. The molecule has 60 valence electrons. The first kappa shape index (κ1) is 10.2. The van der Waals surface area contributed by atoms with E-state index in [4.69, 9.17) is 16.5 Å². The summed E-state index contributed by atoms with van der Waals surface area (Å²) >= 11 is 5.11. The van der Waals surface area contributed by atoms with Gasteiger partial charge in [0.2, 0.25) is 0 Å². The summed E-state index contributed by atoms with van der Waals surface area (Å²) in [5.41, 5.74) is -0.357. The van der Waals surface area contributed by atoms with E-state index in [1.807, 2.05) is 0 Å². The van der Waals surface area contributed by atoms with Crippen LogP contribution in [0.25, 0.3) is 0 Å². The van der Waals surface area contributed by atoms with Gasteiger partial charge in [0.05, 0.1) is 6.61 Å². The van der Waals surface area contributed by atoms with E-state index >= 15 is 0 Å². The lowest BCUT2D eigenvalue weighted by molar-refractivity contribution is 0.291. The maximum Gasteiger partial charge on any atom is 0.343 e. The molecule has 0 bridgehead atoms. The third-order valence-corrected chi connectivity index (χ3v) is 2.52. The van der Waals surface area contributed by atoms with Crippen molar-refractivity contribution in [3.05, 3.63) is 12.2 Å². The lowest BCUT2D eigenvalue weighted by Crippen LogP contribution is -1.89. The molecule has 1 unspecified atom stereocenters. The van der Waals surface area contributed by atoms with Crippen LogP contribution in [0.15, 0.2) is 12.2 Å². The quantitative estimate of drug-likeness (QED) is 0.413. The van der Waals surface area contributed by atoms with Crippen molar-refractivity contribution in [2.75, 3.05) is 12.2 Å². The predicted molar refractivity (Wildman–Crippen MR) is 41.3 cm³/mol. The molecule has 3 nitrogen and oxygen atoms in total. The molecule has 0 aromatic heterocycles. The molecular weight excluding hydrogens is 174 g/mol. The van der Waals surface area contributed by atoms with Gasteiger partial charge in [-0.05, 0) is 6.92 Å². The van der Waals surface area contributed by atoms with Crippen molar-refractivity contribution < 1.29 is 14.0 Å². The maximum atomic E-state index is 10.6. The van der Waals surface area contributed by atoms with Gasteiger partial charge in [-0.2, -0.15) is 0 Å². The molecule has 0 saturated heterocycles. The Balaban J connectivity index is 3.57. The fourth-order valence-corrected chi connectivity index (χ4v) is 0.885. The summed E-state index contributed by atoms with van der Waals surface area (Å²) in [4.78, 5) is 8.72. The zero-order valence-electron chi connectivity index (χ0n) is 5.66. The minimum Gasteiger partial charge on any atom is -0.323 e.